The zero-order valence-corrected chi connectivity index (χ0v) is 15.5. The van der Waals surface area contributed by atoms with E-state index in [9.17, 15) is 4.79 Å². The average Bonchev–Trinajstić information content (AvgIpc) is 2.68. The van der Waals surface area contributed by atoms with Crippen LogP contribution in [-0.2, 0) is 11.2 Å². The fourth-order valence-electron chi connectivity index (χ4n) is 3.32. The first kappa shape index (κ1) is 18.4. The van der Waals surface area contributed by atoms with Crippen LogP contribution in [0.3, 0.4) is 0 Å². The molecule has 1 aliphatic rings. The molecule has 1 saturated heterocycles. The molecule has 0 aliphatic carbocycles. The van der Waals surface area contributed by atoms with E-state index in [0.29, 0.717) is 0 Å². The number of benzene rings is 2. The van der Waals surface area contributed by atoms with E-state index in [2.05, 4.69) is 36.1 Å². The largest absolute Gasteiger partial charge is 0.381 e. The standard InChI is InChI=1S/C24H26O2/c1-19(25)24-13-11-23(12-14-24)10-9-22-7-5-20(6-8-22)3-2-4-21-15-17-26-18-16-21/h5-8,11-14,21H,2-4,15-18H2,1H3. The van der Waals surface area contributed by atoms with Crippen LogP contribution in [0.1, 0.15) is 59.7 Å². The van der Waals surface area contributed by atoms with E-state index >= 15 is 0 Å². The fraction of sp³-hybridized carbons (Fsp3) is 0.375. The van der Waals surface area contributed by atoms with Gasteiger partial charge in [-0.1, -0.05) is 36.1 Å². The lowest BCUT2D eigenvalue weighted by atomic mass is 9.93. The molecular formula is C24H26O2. The number of Topliss-reactive ketones (excluding diaryl/α,β-unsaturated/α-hetero) is 1. The SMILES string of the molecule is CC(=O)c1ccc(C#Cc2ccc(CCCC3CCOCC3)cc2)cc1. The van der Waals surface area contributed by atoms with E-state index in [1.54, 1.807) is 6.92 Å². The maximum atomic E-state index is 11.3. The fourth-order valence-corrected chi connectivity index (χ4v) is 3.32. The van der Waals surface area contributed by atoms with E-state index in [1.165, 1.54) is 31.2 Å². The molecule has 1 aliphatic heterocycles. The number of hydrogen-bond donors (Lipinski definition) is 0. The van der Waals surface area contributed by atoms with Gasteiger partial charge in [-0.15, -0.1) is 0 Å². The first-order valence-corrected chi connectivity index (χ1v) is 9.50. The van der Waals surface area contributed by atoms with E-state index in [0.717, 1.165) is 42.2 Å². The Balaban J connectivity index is 1.50. The monoisotopic (exact) mass is 346 g/mol. The summed E-state index contributed by atoms with van der Waals surface area (Å²) >= 11 is 0. The lowest BCUT2D eigenvalue weighted by molar-refractivity contribution is 0.0633. The number of aryl methyl sites for hydroxylation is 1. The lowest BCUT2D eigenvalue weighted by Gasteiger charge is -2.21. The normalized spacial score (nSPS) is 14.5. The van der Waals surface area contributed by atoms with Gasteiger partial charge in [0.1, 0.15) is 0 Å². The minimum absolute atomic E-state index is 0.0805. The Labute approximate surface area is 156 Å². The highest BCUT2D eigenvalue weighted by atomic mass is 16.5. The summed E-state index contributed by atoms with van der Waals surface area (Å²) in [4.78, 5) is 11.3. The maximum absolute atomic E-state index is 11.3. The van der Waals surface area contributed by atoms with Crippen LogP contribution in [0.5, 0.6) is 0 Å². The Morgan fingerprint density at radius 2 is 1.54 bits per heavy atom. The summed E-state index contributed by atoms with van der Waals surface area (Å²) in [5.74, 6) is 7.29. The minimum Gasteiger partial charge on any atom is -0.381 e. The number of carbonyl (C=O) groups is 1. The first-order chi connectivity index (χ1) is 12.7. The van der Waals surface area contributed by atoms with Gasteiger partial charge in [0, 0.05) is 29.9 Å². The molecule has 1 fully saturated rings. The molecule has 26 heavy (non-hydrogen) atoms. The minimum atomic E-state index is 0.0805. The summed E-state index contributed by atoms with van der Waals surface area (Å²) in [6, 6.07) is 16.0. The number of hydrogen-bond acceptors (Lipinski definition) is 2. The van der Waals surface area contributed by atoms with E-state index in [1.807, 2.05) is 24.3 Å². The number of ether oxygens (including phenoxy) is 1. The second-order valence-corrected chi connectivity index (χ2v) is 7.03. The second-order valence-electron chi connectivity index (χ2n) is 7.03. The van der Waals surface area contributed by atoms with Crippen molar-refractivity contribution < 1.29 is 9.53 Å². The topological polar surface area (TPSA) is 26.3 Å². The Morgan fingerprint density at radius 1 is 0.962 bits per heavy atom. The molecule has 0 N–H and O–H groups in total. The van der Waals surface area contributed by atoms with Crippen molar-refractivity contribution in [3.05, 3.63) is 70.8 Å². The maximum Gasteiger partial charge on any atom is 0.159 e. The van der Waals surface area contributed by atoms with Crippen LogP contribution in [0, 0.1) is 17.8 Å². The van der Waals surface area contributed by atoms with Crippen LogP contribution in [0.4, 0.5) is 0 Å². The Hall–Kier alpha value is -2.37. The molecule has 0 atom stereocenters. The Morgan fingerprint density at radius 3 is 2.12 bits per heavy atom. The molecular weight excluding hydrogens is 320 g/mol. The van der Waals surface area contributed by atoms with Gasteiger partial charge >= 0.3 is 0 Å². The summed E-state index contributed by atoms with van der Waals surface area (Å²) in [6.45, 7) is 3.46. The molecule has 2 aromatic rings. The smallest absolute Gasteiger partial charge is 0.159 e. The van der Waals surface area contributed by atoms with Crippen LogP contribution in [-0.4, -0.2) is 19.0 Å². The predicted molar refractivity (Wildman–Crippen MR) is 105 cm³/mol. The molecule has 0 unspecified atom stereocenters. The van der Waals surface area contributed by atoms with Crippen LogP contribution < -0.4 is 0 Å². The van der Waals surface area contributed by atoms with Gasteiger partial charge in [0.15, 0.2) is 5.78 Å². The highest BCUT2D eigenvalue weighted by molar-refractivity contribution is 5.94. The zero-order chi connectivity index (χ0) is 18.2. The first-order valence-electron chi connectivity index (χ1n) is 9.50. The summed E-state index contributed by atoms with van der Waals surface area (Å²) in [7, 11) is 0. The summed E-state index contributed by atoms with van der Waals surface area (Å²) in [5, 5.41) is 0. The summed E-state index contributed by atoms with van der Waals surface area (Å²) < 4.78 is 5.42. The van der Waals surface area contributed by atoms with Crippen molar-refractivity contribution in [2.45, 2.75) is 39.0 Å². The van der Waals surface area contributed by atoms with Crippen molar-refractivity contribution in [2.75, 3.05) is 13.2 Å². The molecule has 0 bridgehead atoms. The third-order valence-electron chi connectivity index (χ3n) is 5.02. The predicted octanol–water partition coefficient (Wildman–Crippen LogP) is 5.04. The van der Waals surface area contributed by atoms with Gasteiger partial charge in [0.05, 0.1) is 0 Å². The highest BCUT2D eigenvalue weighted by Gasteiger charge is 2.12. The van der Waals surface area contributed by atoms with Gasteiger partial charge in [-0.05, 0) is 74.8 Å². The Bertz CT molecular complexity index is 770. The van der Waals surface area contributed by atoms with E-state index in [4.69, 9.17) is 4.74 Å². The van der Waals surface area contributed by atoms with Crippen LogP contribution in [0.25, 0.3) is 0 Å². The van der Waals surface area contributed by atoms with Gasteiger partial charge < -0.3 is 4.74 Å². The molecule has 1 heterocycles. The van der Waals surface area contributed by atoms with Crippen LogP contribution >= 0.6 is 0 Å². The van der Waals surface area contributed by atoms with Gasteiger partial charge in [0.25, 0.3) is 0 Å². The van der Waals surface area contributed by atoms with Crippen LogP contribution in [0.15, 0.2) is 48.5 Å². The van der Waals surface area contributed by atoms with E-state index < -0.39 is 0 Å². The third kappa shape index (κ3) is 5.58. The quantitative estimate of drug-likeness (QED) is 0.560. The number of carbonyl (C=O) groups excluding carboxylic acids is 1. The van der Waals surface area contributed by atoms with Gasteiger partial charge in [0.2, 0.25) is 0 Å². The Kier molecular flexibility index (Phi) is 6.63. The van der Waals surface area contributed by atoms with Crippen molar-refractivity contribution in [1.82, 2.24) is 0 Å². The second kappa shape index (κ2) is 9.36. The molecule has 2 nitrogen and oxygen atoms in total. The van der Waals surface area contributed by atoms with Gasteiger partial charge in [-0.25, -0.2) is 0 Å². The molecule has 134 valence electrons. The molecule has 3 rings (SSSR count). The number of rotatable bonds is 5. The van der Waals surface area contributed by atoms with Crippen LogP contribution in [0.2, 0.25) is 0 Å². The number of ketones is 1. The molecule has 0 spiro atoms. The summed E-state index contributed by atoms with van der Waals surface area (Å²) in [5.41, 5.74) is 4.05. The van der Waals surface area contributed by atoms with Crippen molar-refractivity contribution in [1.29, 1.82) is 0 Å². The zero-order valence-electron chi connectivity index (χ0n) is 15.5. The van der Waals surface area contributed by atoms with Gasteiger partial charge in [-0.2, -0.15) is 0 Å². The van der Waals surface area contributed by atoms with E-state index in [-0.39, 0.29) is 5.78 Å². The molecule has 0 saturated carbocycles. The van der Waals surface area contributed by atoms with Gasteiger partial charge in [-0.3, -0.25) is 4.79 Å². The molecule has 0 amide bonds. The highest BCUT2D eigenvalue weighted by Crippen LogP contribution is 2.21. The molecule has 0 aromatic heterocycles. The molecule has 0 radical (unpaired) electrons. The molecule has 2 aromatic carbocycles. The van der Waals surface area contributed by atoms with Crippen molar-refractivity contribution in [3.8, 4) is 11.8 Å². The third-order valence-corrected chi connectivity index (χ3v) is 5.02. The van der Waals surface area contributed by atoms with Crippen molar-refractivity contribution in [3.63, 3.8) is 0 Å². The molecule has 2 heteroatoms. The average molecular weight is 346 g/mol. The summed E-state index contributed by atoms with van der Waals surface area (Å²) in [6.07, 6.45) is 6.14. The van der Waals surface area contributed by atoms with Crippen molar-refractivity contribution in [2.24, 2.45) is 5.92 Å². The van der Waals surface area contributed by atoms with Crippen molar-refractivity contribution >= 4 is 5.78 Å². The lowest BCUT2D eigenvalue weighted by Crippen LogP contribution is -2.15.